The van der Waals surface area contributed by atoms with Crippen molar-refractivity contribution in [1.82, 2.24) is 0 Å². The lowest BCUT2D eigenvalue weighted by molar-refractivity contribution is -0.121. The second-order valence-corrected chi connectivity index (χ2v) is 8.02. The van der Waals surface area contributed by atoms with Crippen LogP contribution in [-0.2, 0) is 10.5 Å². The normalized spacial score (nSPS) is 20.2. The van der Waals surface area contributed by atoms with Gasteiger partial charge in [0.05, 0.1) is 5.54 Å². The molecule has 0 aliphatic heterocycles. The molecule has 3 rings (SSSR count). The second kappa shape index (κ2) is 8.41. The number of nitrogens with two attached hydrogens (primary N) is 1. The molecule has 1 amide bonds. The van der Waals surface area contributed by atoms with Gasteiger partial charge in [0.15, 0.2) is 0 Å². The molecule has 1 aromatic carbocycles. The smallest absolute Gasteiger partial charge is 0.244 e. The molecule has 0 bridgehead atoms. The summed E-state index contributed by atoms with van der Waals surface area (Å²) in [5.41, 5.74) is 7.72. The summed E-state index contributed by atoms with van der Waals surface area (Å²) in [5.74, 6) is 1.01. The summed E-state index contributed by atoms with van der Waals surface area (Å²) in [6.07, 6.45) is 9.20. The lowest BCUT2D eigenvalue weighted by atomic mass is 9.98. The van der Waals surface area contributed by atoms with E-state index in [2.05, 4.69) is 29.2 Å². The number of thioether (sulfide) groups is 1. The zero-order valence-electron chi connectivity index (χ0n) is 13.6. The van der Waals surface area contributed by atoms with E-state index < -0.39 is 5.54 Å². The van der Waals surface area contributed by atoms with Gasteiger partial charge in [-0.15, -0.1) is 12.4 Å². The van der Waals surface area contributed by atoms with E-state index in [-0.39, 0.29) is 18.3 Å². The van der Waals surface area contributed by atoms with Gasteiger partial charge in [-0.3, -0.25) is 4.79 Å². The fraction of sp³-hybridized carbons (Fsp3) is 0.611. The van der Waals surface area contributed by atoms with Crippen molar-refractivity contribution in [3.05, 3.63) is 29.8 Å². The second-order valence-electron chi connectivity index (χ2n) is 6.74. The van der Waals surface area contributed by atoms with Gasteiger partial charge in [-0.1, -0.05) is 37.8 Å². The van der Waals surface area contributed by atoms with E-state index in [1.54, 1.807) is 0 Å². The van der Waals surface area contributed by atoms with Gasteiger partial charge in [0.2, 0.25) is 5.91 Å². The van der Waals surface area contributed by atoms with Crippen molar-refractivity contribution in [2.45, 2.75) is 67.9 Å². The van der Waals surface area contributed by atoms with Crippen molar-refractivity contribution >= 4 is 35.8 Å². The van der Waals surface area contributed by atoms with Gasteiger partial charge in [-0.25, -0.2) is 0 Å². The quantitative estimate of drug-likeness (QED) is 0.818. The number of amides is 1. The van der Waals surface area contributed by atoms with Crippen molar-refractivity contribution in [3.8, 4) is 0 Å². The summed E-state index contributed by atoms with van der Waals surface area (Å²) in [4.78, 5) is 12.4. The van der Waals surface area contributed by atoms with E-state index in [0.29, 0.717) is 0 Å². The number of carbonyl (C=O) groups is 1. The van der Waals surface area contributed by atoms with Gasteiger partial charge >= 0.3 is 0 Å². The van der Waals surface area contributed by atoms with E-state index in [4.69, 9.17) is 5.73 Å². The first-order valence-corrected chi connectivity index (χ1v) is 9.51. The molecule has 0 unspecified atom stereocenters. The highest BCUT2D eigenvalue weighted by atomic mass is 35.5. The molecular weight excluding hydrogens is 328 g/mol. The minimum absolute atomic E-state index is 0. The van der Waals surface area contributed by atoms with Crippen molar-refractivity contribution in [2.24, 2.45) is 5.73 Å². The molecule has 0 radical (unpaired) electrons. The van der Waals surface area contributed by atoms with Crippen molar-refractivity contribution in [3.63, 3.8) is 0 Å². The summed E-state index contributed by atoms with van der Waals surface area (Å²) in [6, 6.07) is 8.22. The molecule has 0 spiro atoms. The number of hydrogen-bond donors (Lipinski definition) is 2. The van der Waals surface area contributed by atoms with Gasteiger partial charge in [0.25, 0.3) is 0 Å². The van der Waals surface area contributed by atoms with E-state index >= 15 is 0 Å². The standard InChI is InChI=1S/C18H26N2OS.ClH/c19-18(10-3-4-11-18)17(21)20-15-7-5-6-14(12-15)13-22-16-8-1-2-9-16;/h5-7,12,16H,1-4,8-11,13,19H2,(H,20,21);1H. The first kappa shape index (κ1) is 18.6. The molecule has 0 heterocycles. The van der Waals surface area contributed by atoms with Gasteiger partial charge in [-0.2, -0.15) is 11.8 Å². The van der Waals surface area contributed by atoms with E-state index in [0.717, 1.165) is 42.4 Å². The van der Waals surface area contributed by atoms with Crippen LogP contribution < -0.4 is 11.1 Å². The zero-order valence-corrected chi connectivity index (χ0v) is 15.2. The minimum atomic E-state index is -0.658. The molecule has 2 saturated carbocycles. The molecule has 3 nitrogen and oxygen atoms in total. The van der Waals surface area contributed by atoms with Crippen LogP contribution in [0.5, 0.6) is 0 Å². The van der Waals surface area contributed by atoms with E-state index in [1.165, 1.54) is 31.2 Å². The summed E-state index contributed by atoms with van der Waals surface area (Å²) in [7, 11) is 0. The minimum Gasteiger partial charge on any atom is -0.324 e. The third-order valence-electron chi connectivity index (χ3n) is 4.92. The van der Waals surface area contributed by atoms with Crippen LogP contribution in [0.3, 0.4) is 0 Å². The predicted molar refractivity (Wildman–Crippen MR) is 101 cm³/mol. The van der Waals surface area contributed by atoms with Gasteiger partial charge in [0.1, 0.15) is 0 Å². The highest BCUT2D eigenvalue weighted by Crippen LogP contribution is 2.32. The number of halogens is 1. The highest BCUT2D eigenvalue weighted by Gasteiger charge is 2.36. The fourth-order valence-electron chi connectivity index (χ4n) is 3.50. The van der Waals surface area contributed by atoms with Crippen molar-refractivity contribution in [2.75, 3.05) is 5.32 Å². The van der Waals surface area contributed by atoms with Crippen molar-refractivity contribution in [1.29, 1.82) is 0 Å². The summed E-state index contributed by atoms with van der Waals surface area (Å²) in [6.45, 7) is 0. The summed E-state index contributed by atoms with van der Waals surface area (Å²) >= 11 is 2.05. The molecule has 2 fully saturated rings. The molecule has 0 saturated heterocycles. The Morgan fingerprint density at radius 1 is 1.22 bits per heavy atom. The molecule has 23 heavy (non-hydrogen) atoms. The largest absolute Gasteiger partial charge is 0.324 e. The first-order chi connectivity index (χ1) is 10.7. The average molecular weight is 355 g/mol. The lowest BCUT2D eigenvalue weighted by Crippen LogP contribution is -2.48. The zero-order chi connectivity index (χ0) is 15.4. The Morgan fingerprint density at radius 2 is 1.91 bits per heavy atom. The summed E-state index contributed by atoms with van der Waals surface area (Å²) in [5, 5.41) is 3.84. The van der Waals surface area contributed by atoms with Crippen LogP contribution in [0.2, 0.25) is 0 Å². The summed E-state index contributed by atoms with van der Waals surface area (Å²) < 4.78 is 0. The first-order valence-electron chi connectivity index (χ1n) is 8.47. The average Bonchev–Trinajstić information content (AvgIpc) is 3.18. The molecule has 2 aliphatic rings. The molecule has 3 N–H and O–H groups in total. The SMILES string of the molecule is Cl.NC1(C(=O)Nc2cccc(CSC3CCCC3)c2)CCCC1. The fourth-order valence-corrected chi connectivity index (χ4v) is 4.77. The van der Waals surface area contributed by atoms with Gasteiger partial charge in [-0.05, 0) is 43.4 Å². The van der Waals surface area contributed by atoms with Crippen molar-refractivity contribution < 1.29 is 4.79 Å². The predicted octanol–water partition coefficient (Wildman–Crippen LogP) is 4.49. The Labute approximate surface area is 149 Å². The maximum Gasteiger partial charge on any atom is 0.244 e. The molecule has 0 atom stereocenters. The molecule has 0 aromatic heterocycles. The molecule has 5 heteroatoms. The molecule has 128 valence electrons. The monoisotopic (exact) mass is 354 g/mol. The molecule has 1 aromatic rings. The van der Waals surface area contributed by atoms with Crippen LogP contribution in [0.25, 0.3) is 0 Å². The molecule has 2 aliphatic carbocycles. The number of rotatable bonds is 5. The topological polar surface area (TPSA) is 55.1 Å². The number of nitrogens with one attached hydrogen (secondary N) is 1. The number of benzene rings is 1. The van der Waals surface area contributed by atoms with Gasteiger partial charge in [0, 0.05) is 16.7 Å². The van der Waals surface area contributed by atoms with E-state index in [1.807, 2.05) is 12.1 Å². The number of carbonyl (C=O) groups excluding carboxylic acids is 1. The molecular formula is C18H27ClN2OS. The van der Waals surface area contributed by atoms with E-state index in [9.17, 15) is 4.79 Å². The maximum absolute atomic E-state index is 12.4. The van der Waals surface area contributed by atoms with Crippen LogP contribution >= 0.6 is 24.2 Å². The number of hydrogen-bond acceptors (Lipinski definition) is 3. The Hall–Kier alpha value is -0.710. The lowest BCUT2D eigenvalue weighted by Gasteiger charge is -2.22. The third kappa shape index (κ3) is 4.88. The Kier molecular flexibility index (Phi) is 6.81. The highest BCUT2D eigenvalue weighted by molar-refractivity contribution is 7.99. The number of anilines is 1. The van der Waals surface area contributed by atoms with Gasteiger partial charge < -0.3 is 11.1 Å². The van der Waals surface area contributed by atoms with Crippen LogP contribution in [0.4, 0.5) is 5.69 Å². The maximum atomic E-state index is 12.4. The van der Waals surface area contributed by atoms with Crippen LogP contribution in [-0.4, -0.2) is 16.7 Å². The Bertz CT molecular complexity index is 526. The van der Waals surface area contributed by atoms with Crippen LogP contribution in [0.15, 0.2) is 24.3 Å². The van der Waals surface area contributed by atoms with Crippen LogP contribution in [0.1, 0.15) is 56.9 Å². The third-order valence-corrected chi connectivity index (χ3v) is 6.36. The Morgan fingerprint density at radius 3 is 2.61 bits per heavy atom. The van der Waals surface area contributed by atoms with Crippen LogP contribution in [0, 0.1) is 0 Å². The Balaban J connectivity index is 0.00000192.